The third-order valence-electron chi connectivity index (χ3n) is 6.52. The summed E-state index contributed by atoms with van der Waals surface area (Å²) in [6.07, 6.45) is 0.814. The Kier molecular flexibility index (Phi) is 6.26. The molecule has 3 aromatic heterocycles. The zero-order valence-corrected chi connectivity index (χ0v) is 20.5. The van der Waals surface area contributed by atoms with Crippen molar-refractivity contribution in [2.75, 3.05) is 0 Å². The summed E-state index contributed by atoms with van der Waals surface area (Å²) in [5.74, 6) is 0. The van der Waals surface area contributed by atoms with E-state index in [1.54, 1.807) is 24.7 Å². The lowest BCUT2D eigenvalue weighted by Crippen LogP contribution is -2.29. The van der Waals surface area contributed by atoms with E-state index in [2.05, 4.69) is 20.2 Å². The molecule has 1 aliphatic heterocycles. The van der Waals surface area contributed by atoms with E-state index in [-0.39, 0.29) is 12.1 Å². The molecule has 0 unspecified atom stereocenters. The largest absolute Gasteiger partial charge is 0.416 e. The van der Waals surface area contributed by atoms with Crippen LogP contribution in [0.1, 0.15) is 45.9 Å². The molecule has 0 aliphatic carbocycles. The number of aryl methyl sites for hydroxylation is 1. The van der Waals surface area contributed by atoms with Crippen LogP contribution in [0.25, 0.3) is 5.69 Å². The van der Waals surface area contributed by atoms with Crippen LogP contribution in [0.5, 0.6) is 0 Å². The van der Waals surface area contributed by atoms with Crippen LogP contribution < -0.4 is 5.32 Å². The van der Waals surface area contributed by atoms with Gasteiger partial charge in [0.05, 0.1) is 23.3 Å². The molecule has 1 aromatic carbocycles. The molecule has 5 rings (SSSR count). The monoisotopic (exact) mass is 507 g/mol. The maximum absolute atomic E-state index is 13.4. The highest BCUT2D eigenvalue weighted by Gasteiger charge is 2.41. The van der Waals surface area contributed by atoms with Gasteiger partial charge in [-0.15, -0.1) is 0 Å². The molecule has 2 atom stereocenters. The van der Waals surface area contributed by atoms with Crippen LogP contribution in [0.4, 0.5) is 13.2 Å². The quantitative estimate of drug-likeness (QED) is 0.332. The summed E-state index contributed by atoms with van der Waals surface area (Å²) in [5.41, 5.74) is 4.34. The summed E-state index contributed by atoms with van der Waals surface area (Å²) in [6, 6.07) is 16.6. The number of nitrogens with zero attached hydrogens (tertiary/aromatic N) is 4. The van der Waals surface area contributed by atoms with Crippen molar-refractivity contribution in [2.24, 2.45) is 0 Å². The molecule has 4 aromatic rings. The molecule has 1 fully saturated rings. The number of pyridine rings is 2. The van der Waals surface area contributed by atoms with Gasteiger partial charge in [0.1, 0.15) is 0 Å². The van der Waals surface area contributed by atoms with Gasteiger partial charge in [-0.1, -0.05) is 12.1 Å². The highest BCUT2D eigenvalue weighted by atomic mass is 32.1. The predicted octanol–water partition coefficient (Wildman–Crippen LogP) is 6.08. The second-order valence-electron chi connectivity index (χ2n) is 8.82. The third-order valence-corrected chi connectivity index (χ3v) is 6.87. The molecule has 9 heteroatoms. The molecule has 36 heavy (non-hydrogen) atoms. The van der Waals surface area contributed by atoms with E-state index in [0.717, 1.165) is 34.3 Å². The number of hydrogen-bond donors (Lipinski definition) is 1. The molecule has 0 saturated carbocycles. The lowest BCUT2D eigenvalue weighted by molar-refractivity contribution is -0.137. The molecule has 0 spiro atoms. The predicted molar refractivity (Wildman–Crippen MR) is 135 cm³/mol. The van der Waals surface area contributed by atoms with Crippen LogP contribution in [0, 0.1) is 13.8 Å². The minimum absolute atomic E-state index is 0.216. The Labute approximate surface area is 212 Å². The van der Waals surface area contributed by atoms with Gasteiger partial charge in [-0.05, 0) is 85.7 Å². The van der Waals surface area contributed by atoms with Gasteiger partial charge in [0.25, 0.3) is 0 Å². The molecule has 0 radical (unpaired) electrons. The van der Waals surface area contributed by atoms with Crippen LogP contribution in [0.3, 0.4) is 0 Å². The average molecular weight is 508 g/mol. The average Bonchev–Trinajstić information content (AvgIpc) is 3.34. The zero-order valence-electron chi connectivity index (χ0n) is 19.7. The second-order valence-corrected chi connectivity index (χ2v) is 9.21. The van der Waals surface area contributed by atoms with Crippen molar-refractivity contribution in [3.05, 3.63) is 113 Å². The molecular formula is C27H24F3N5S. The Morgan fingerprint density at radius 1 is 0.972 bits per heavy atom. The number of nitrogens with one attached hydrogen (secondary N) is 1. The molecule has 1 N–H and O–H groups in total. The summed E-state index contributed by atoms with van der Waals surface area (Å²) in [6.45, 7) is 4.39. The third kappa shape index (κ3) is 4.46. The fourth-order valence-corrected chi connectivity index (χ4v) is 5.21. The Morgan fingerprint density at radius 3 is 2.44 bits per heavy atom. The van der Waals surface area contributed by atoms with Crippen molar-refractivity contribution < 1.29 is 13.2 Å². The Bertz CT molecular complexity index is 1390. The fraction of sp³-hybridized carbons (Fsp3) is 0.222. The highest BCUT2D eigenvalue weighted by Crippen LogP contribution is 2.42. The van der Waals surface area contributed by atoms with Gasteiger partial charge in [-0.3, -0.25) is 9.97 Å². The zero-order chi connectivity index (χ0) is 25.4. The van der Waals surface area contributed by atoms with Crippen molar-refractivity contribution >= 4 is 17.3 Å². The van der Waals surface area contributed by atoms with E-state index < -0.39 is 11.7 Å². The molecule has 0 amide bonds. The van der Waals surface area contributed by atoms with Gasteiger partial charge in [0.2, 0.25) is 0 Å². The second kappa shape index (κ2) is 9.39. The Morgan fingerprint density at radius 2 is 1.75 bits per heavy atom. The fourth-order valence-electron chi connectivity index (χ4n) is 4.90. The topological polar surface area (TPSA) is 46.0 Å². The number of aromatic nitrogens is 3. The number of thiocarbonyl (C=S) groups is 1. The summed E-state index contributed by atoms with van der Waals surface area (Å²) in [4.78, 5) is 10.8. The molecule has 1 saturated heterocycles. The van der Waals surface area contributed by atoms with Gasteiger partial charge in [-0.25, -0.2) is 0 Å². The van der Waals surface area contributed by atoms with Gasteiger partial charge >= 0.3 is 6.18 Å². The minimum atomic E-state index is -4.42. The van der Waals surface area contributed by atoms with E-state index in [1.807, 2.05) is 54.8 Å². The van der Waals surface area contributed by atoms with E-state index in [1.165, 1.54) is 12.1 Å². The van der Waals surface area contributed by atoms with Gasteiger partial charge in [0, 0.05) is 42.2 Å². The Hall–Kier alpha value is -3.72. The summed E-state index contributed by atoms with van der Waals surface area (Å²) in [7, 11) is 0. The van der Waals surface area contributed by atoms with Crippen LogP contribution >= 0.6 is 12.2 Å². The first-order valence-electron chi connectivity index (χ1n) is 11.5. The molecule has 4 heterocycles. The van der Waals surface area contributed by atoms with E-state index in [9.17, 15) is 13.2 Å². The standard InChI is InChI=1S/C27H24F3N5S/c1-17-14-22(18(2)35(17)21-7-5-6-20(15-21)27(28,29)30)25-24(23-8-3-4-11-32-23)33-26(36)34(25)16-19-9-12-31-13-10-19/h3-15,24-25H,16H2,1-2H3,(H,33,36)/t24-,25-/m1/s1. The molecule has 5 nitrogen and oxygen atoms in total. The summed E-state index contributed by atoms with van der Waals surface area (Å²) < 4.78 is 42.1. The van der Waals surface area contributed by atoms with Crippen LogP contribution in [0.2, 0.25) is 0 Å². The first-order chi connectivity index (χ1) is 17.2. The normalized spacial score (nSPS) is 17.9. The number of halogens is 3. The van der Waals surface area contributed by atoms with E-state index in [0.29, 0.717) is 17.3 Å². The van der Waals surface area contributed by atoms with Crippen molar-refractivity contribution in [3.8, 4) is 5.69 Å². The Balaban J connectivity index is 1.62. The lowest BCUT2D eigenvalue weighted by atomic mass is 9.96. The first-order valence-corrected chi connectivity index (χ1v) is 11.9. The van der Waals surface area contributed by atoms with Gasteiger partial charge < -0.3 is 14.8 Å². The first kappa shape index (κ1) is 24.0. The SMILES string of the molecule is Cc1cc([C@@H]2[C@@H](c3ccccn3)NC(=S)N2Cc2ccncc2)c(C)n1-c1cccc(C(F)(F)F)c1. The van der Waals surface area contributed by atoms with Crippen LogP contribution in [0.15, 0.2) is 79.3 Å². The molecular weight excluding hydrogens is 483 g/mol. The number of rotatable bonds is 5. The molecule has 184 valence electrons. The minimum Gasteiger partial charge on any atom is -0.352 e. The maximum atomic E-state index is 13.4. The van der Waals surface area contributed by atoms with Crippen molar-refractivity contribution in [3.63, 3.8) is 0 Å². The molecule has 0 bridgehead atoms. The van der Waals surface area contributed by atoms with Crippen molar-refractivity contribution in [2.45, 2.75) is 38.7 Å². The summed E-state index contributed by atoms with van der Waals surface area (Å²) in [5, 5.41) is 4.03. The van der Waals surface area contributed by atoms with E-state index in [4.69, 9.17) is 12.2 Å². The molecule has 1 aliphatic rings. The van der Waals surface area contributed by atoms with Crippen LogP contribution in [-0.4, -0.2) is 24.5 Å². The number of benzene rings is 1. The van der Waals surface area contributed by atoms with Crippen LogP contribution in [-0.2, 0) is 12.7 Å². The number of alkyl halides is 3. The highest BCUT2D eigenvalue weighted by molar-refractivity contribution is 7.80. The smallest absolute Gasteiger partial charge is 0.352 e. The maximum Gasteiger partial charge on any atom is 0.416 e. The van der Waals surface area contributed by atoms with Crippen molar-refractivity contribution in [1.29, 1.82) is 0 Å². The lowest BCUT2D eigenvalue weighted by Gasteiger charge is -2.28. The van der Waals surface area contributed by atoms with E-state index >= 15 is 0 Å². The van der Waals surface area contributed by atoms with Crippen molar-refractivity contribution in [1.82, 2.24) is 24.8 Å². The van der Waals surface area contributed by atoms with Gasteiger partial charge in [0.15, 0.2) is 5.11 Å². The van der Waals surface area contributed by atoms with Gasteiger partial charge in [-0.2, -0.15) is 13.2 Å². The number of hydrogen-bond acceptors (Lipinski definition) is 3. The summed E-state index contributed by atoms with van der Waals surface area (Å²) >= 11 is 5.77.